The second kappa shape index (κ2) is 3.29. The molecule has 4 atom stereocenters. The minimum absolute atomic E-state index is 0.203. The van der Waals surface area contributed by atoms with Crippen molar-refractivity contribution >= 4 is 5.78 Å². The van der Waals surface area contributed by atoms with Crippen molar-refractivity contribution in [3.05, 3.63) is 12.2 Å². The van der Waals surface area contributed by atoms with Gasteiger partial charge >= 0.3 is 0 Å². The summed E-state index contributed by atoms with van der Waals surface area (Å²) >= 11 is 0. The fourth-order valence-corrected chi connectivity index (χ4v) is 6.14. The van der Waals surface area contributed by atoms with Crippen LogP contribution in [0.2, 0.25) is 0 Å². The van der Waals surface area contributed by atoms with Gasteiger partial charge < -0.3 is 0 Å². The van der Waals surface area contributed by atoms with Gasteiger partial charge in [-0.1, -0.05) is 32.9 Å². The van der Waals surface area contributed by atoms with Crippen LogP contribution in [0.1, 0.15) is 59.8 Å². The lowest BCUT2D eigenvalue weighted by Crippen LogP contribution is -2.42. The van der Waals surface area contributed by atoms with Gasteiger partial charge in [-0.3, -0.25) is 4.79 Å². The smallest absolute Gasteiger partial charge is 0.143 e. The first-order chi connectivity index (χ1) is 8.29. The number of hydrogen-bond acceptors (Lipinski definition) is 1. The molecule has 0 bridgehead atoms. The van der Waals surface area contributed by atoms with E-state index in [1.54, 1.807) is 0 Å². The molecule has 0 unspecified atom stereocenters. The number of ketones is 1. The summed E-state index contributed by atoms with van der Waals surface area (Å²) in [5.41, 5.74) is 1.49. The minimum atomic E-state index is -0.203. The molecule has 1 heteroatoms. The third-order valence-electron chi connectivity index (χ3n) is 7.20. The van der Waals surface area contributed by atoms with E-state index in [1.807, 2.05) is 0 Å². The Morgan fingerprint density at radius 1 is 1.28 bits per heavy atom. The van der Waals surface area contributed by atoms with Crippen LogP contribution in [-0.4, -0.2) is 5.78 Å². The summed E-state index contributed by atoms with van der Waals surface area (Å²) < 4.78 is 0. The van der Waals surface area contributed by atoms with Crippen LogP contribution in [0, 0.1) is 28.1 Å². The molecule has 1 nitrogen and oxygen atoms in total. The van der Waals surface area contributed by atoms with Crippen LogP contribution in [0.25, 0.3) is 0 Å². The van der Waals surface area contributed by atoms with Gasteiger partial charge in [0.1, 0.15) is 5.78 Å². The van der Waals surface area contributed by atoms with Crippen molar-refractivity contribution in [3.8, 4) is 0 Å². The lowest BCUT2D eigenvalue weighted by atomic mass is 9.57. The molecule has 0 N–H and O–H groups in total. The largest absolute Gasteiger partial charge is 0.299 e. The van der Waals surface area contributed by atoms with Crippen molar-refractivity contribution in [3.63, 3.8) is 0 Å². The molecule has 0 saturated heterocycles. The predicted molar refractivity (Wildman–Crippen MR) is 74.2 cm³/mol. The van der Waals surface area contributed by atoms with Gasteiger partial charge in [0.05, 0.1) is 5.41 Å². The molecule has 3 fully saturated rings. The number of allylic oxidation sites excluding steroid dienone is 1. The zero-order valence-corrected chi connectivity index (χ0v) is 12.3. The normalized spacial score (nSPS) is 51.1. The van der Waals surface area contributed by atoms with Crippen LogP contribution in [0.5, 0.6) is 0 Å². The van der Waals surface area contributed by atoms with Gasteiger partial charge in [-0.25, -0.2) is 0 Å². The minimum Gasteiger partial charge on any atom is -0.299 e. The Kier molecular flexibility index (Phi) is 2.28. The second-order valence-corrected chi connectivity index (χ2v) is 7.72. The molecule has 18 heavy (non-hydrogen) atoms. The van der Waals surface area contributed by atoms with E-state index >= 15 is 0 Å². The third kappa shape index (κ3) is 1.01. The summed E-state index contributed by atoms with van der Waals surface area (Å²) in [6.45, 7) is 13.5. The molecular weight excluding hydrogens is 220 g/mol. The van der Waals surface area contributed by atoms with Crippen LogP contribution in [0.15, 0.2) is 12.2 Å². The van der Waals surface area contributed by atoms with E-state index in [9.17, 15) is 4.79 Å². The lowest BCUT2D eigenvalue weighted by molar-refractivity contribution is -0.125. The van der Waals surface area contributed by atoms with Gasteiger partial charge in [0, 0.05) is 6.42 Å². The van der Waals surface area contributed by atoms with Crippen molar-refractivity contribution in [2.45, 2.75) is 59.8 Å². The van der Waals surface area contributed by atoms with Crippen molar-refractivity contribution in [1.29, 1.82) is 0 Å². The number of Topliss-reactive ketones (excluding diaryl/α,β-unsaturated/α-hetero) is 1. The molecule has 0 heterocycles. The van der Waals surface area contributed by atoms with E-state index in [2.05, 4.69) is 34.3 Å². The Balaban J connectivity index is 2.16. The summed E-state index contributed by atoms with van der Waals surface area (Å²) in [5, 5.41) is 0. The van der Waals surface area contributed by atoms with Crippen molar-refractivity contribution in [2.24, 2.45) is 28.1 Å². The molecule has 0 aromatic rings. The maximum atomic E-state index is 12.7. The SMILES string of the molecule is C=C1CC[C@]23CC[C@H](C(C)C)[C@@]2(C)CC(=O)[C@]13C. The summed E-state index contributed by atoms with van der Waals surface area (Å²) in [6, 6.07) is 0. The summed E-state index contributed by atoms with van der Waals surface area (Å²) in [5.74, 6) is 1.89. The molecule has 0 aliphatic heterocycles. The first-order valence-corrected chi connectivity index (χ1v) is 7.51. The van der Waals surface area contributed by atoms with E-state index in [1.165, 1.54) is 24.8 Å². The Hall–Kier alpha value is -0.590. The number of hydrogen-bond donors (Lipinski definition) is 0. The lowest BCUT2D eigenvalue weighted by Gasteiger charge is -2.45. The average molecular weight is 246 g/mol. The highest BCUT2D eigenvalue weighted by molar-refractivity contribution is 5.93. The van der Waals surface area contributed by atoms with Gasteiger partial charge in [-0.2, -0.15) is 0 Å². The van der Waals surface area contributed by atoms with E-state index in [-0.39, 0.29) is 16.2 Å². The molecule has 0 aromatic carbocycles. The molecule has 0 aromatic heterocycles. The van der Waals surface area contributed by atoms with Crippen LogP contribution >= 0.6 is 0 Å². The topological polar surface area (TPSA) is 17.1 Å². The number of rotatable bonds is 1. The maximum absolute atomic E-state index is 12.7. The Bertz CT molecular complexity index is 435. The van der Waals surface area contributed by atoms with E-state index in [0.717, 1.165) is 12.8 Å². The molecular formula is C17H26O. The molecule has 100 valence electrons. The first kappa shape index (κ1) is 12.4. The number of carbonyl (C=O) groups is 1. The van der Waals surface area contributed by atoms with Gasteiger partial charge in [-0.15, -0.1) is 0 Å². The van der Waals surface area contributed by atoms with Crippen LogP contribution in [0.3, 0.4) is 0 Å². The first-order valence-electron chi connectivity index (χ1n) is 7.51. The van der Waals surface area contributed by atoms with Crippen molar-refractivity contribution in [1.82, 2.24) is 0 Å². The van der Waals surface area contributed by atoms with E-state index < -0.39 is 0 Å². The fraction of sp³-hybridized carbons (Fsp3) is 0.824. The monoisotopic (exact) mass is 246 g/mol. The van der Waals surface area contributed by atoms with Crippen molar-refractivity contribution in [2.75, 3.05) is 0 Å². The average Bonchev–Trinajstić information content (AvgIpc) is 2.76. The number of carbonyl (C=O) groups excluding carboxylic acids is 1. The molecule has 0 radical (unpaired) electrons. The standard InChI is InChI=1S/C17H26O/c1-11(2)13-7-9-17-8-6-12(3)16(17,5)14(18)10-15(13,17)4/h11,13H,3,6-10H2,1-2,4-5H3/t13-,15-,16+,17+/m1/s1. The Morgan fingerprint density at radius 2 is 1.94 bits per heavy atom. The Morgan fingerprint density at radius 3 is 2.56 bits per heavy atom. The van der Waals surface area contributed by atoms with Crippen LogP contribution in [-0.2, 0) is 4.79 Å². The van der Waals surface area contributed by atoms with Gasteiger partial charge in [0.25, 0.3) is 0 Å². The molecule has 1 spiro atoms. The Labute approximate surface area is 111 Å². The molecule has 3 aliphatic carbocycles. The van der Waals surface area contributed by atoms with E-state index in [0.29, 0.717) is 17.6 Å². The van der Waals surface area contributed by atoms with Crippen LogP contribution < -0.4 is 0 Å². The summed E-state index contributed by atoms with van der Waals surface area (Å²) in [6.07, 6.45) is 5.62. The van der Waals surface area contributed by atoms with Gasteiger partial charge in [-0.05, 0) is 55.3 Å². The fourth-order valence-electron chi connectivity index (χ4n) is 6.14. The van der Waals surface area contributed by atoms with Crippen molar-refractivity contribution < 1.29 is 4.79 Å². The zero-order chi connectivity index (χ0) is 13.3. The highest BCUT2D eigenvalue weighted by atomic mass is 16.1. The van der Waals surface area contributed by atoms with Gasteiger partial charge in [0.2, 0.25) is 0 Å². The highest BCUT2D eigenvalue weighted by Gasteiger charge is 2.74. The quantitative estimate of drug-likeness (QED) is 0.628. The molecule has 3 rings (SSSR count). The molecule has 0 amide bonds. The maximum Gasteiger partial charge on any atom is 0.143 e. The van der Waals surface area contributed by atoms with Gasteiger partial charge in [0.15, 0.2) is 0 Å². The molecule has 3 aliphatic rings. The van der Waals surface area contributed by atoms with Crippen LogP contribution in [0.4, 0.5) is 0 Å². The molecule has 3 saturated carbocycles. The summed E-state index contributed by atoms with van der Waals surface area (Å²) in [7, 11) is 0. The predicted octanol–water partition coefficient (Wildman–Crippen LogP) is 4.37. The van der Waals surface area contributed by atoms with E-state index in [4.69, 9.17) is 0 Å². The highest BCUT2D eigenvalue weighted by Crippen LogP contribution is 2.78. The zero-order valence-electron chi connectivity index (χ0n) is 12.3. The third-order valence-corrected chi connectivity index (χ3v) is 7.20. The summed E-state index contributed by atoms with van der Waals surface area (Å²) in [4.78, 5) is 12.7. The second-order valence-electron chi connectivity index (χ2n) is 7.72.